The number of nitrogens with zero attached hydrogens (tertiary/aromatic N) is 1. The predicted octanol–water partition coefficient (Wildman–Crippen LogP) is 5.07. The fraction of sp³-hybridized carbons (Fsp3) is 0.259. The number of carbonyl (C=O) groups is 2. The van der Waals surface area contributed by atoms with Gasteiger partial charge in [0.1, 0.15) is 23.9 Å². The summed E-state index contributed by atoms with van der Waals surface area (Å²) in [7, 11) is 2.96. The standard InChI is InChI=1S/C27H26FNO5/c1-32-22-11-3-18(4-12-22)17-34-23-13-5-19(6-14-23)26-24(15-16-25(30)33-2)27(31)29(26)21-9-7-20(28)8-10-21/h3-14,24,26H,15-17H2,1-2H3/t24-,26-/m1/s1. The van der Waals surface area contributed by atoms with Gasteiger partial charge in [-0.2, -0.15) is 0 Å². The largest absolute Gasteiger partial charge is 0.497 e. The van der Waals surface area contributed by atoms with Gasteiger partial charge in [-0.3, -0.25) is 9.59 Å². The average molecular weight is 464 g/mol. The van der Waals surface area contributed by atoms with Gasteiger partial charge >= 0.3 is 5.97 Å². The van der Waals surface area contributed by atoms with E-state index < -0.39 is 0 Å². The number of rotatable bonds is 9. The van der Waals surface area contributed by atoms with Crippen LogP contribution in [0.4, 0.5) is 10.1 Å². The molecule has 1 amide bonds. The minimum Gasteiger partial charge on any atom is -0.497 e. The first-order valence-corrected chi connectivity index (χ1v) is 11.0. The zero-order valence-corrected chi connectivity index (χ0v) is 19.1. The van der Waals surface area contributed by atoms with Crippen LogP contribution in [0.5, 0.6) is 11.5 Å². The number of benzene rings is 3. The van der Waals surface area contributed by atoms with E-state index in [1.165, 1.54) is 19.2 Å². The van der Waals surface area contributed by atoms with Gasteiger partial charge in [-0.15, -0.1) is 0 Å². The van der Waals surface area contributed by atoms with Gasteiger partial charge in [-0.05, 0) is 66.1 Å². The number of anilines is 1. The molecule has 1 aliphatic rings. The summed E-state index contributed by atoms with van der Waals surface area (Å²) in [5.41, 5.74) is 2.54. The molecule has 7 heteroatoms. The van der Waals surface area contributed by atoms with Gasteiger partial charge in [0.2, 0.25) is 5.91 Å². The molecule has 0 spiro atoms. The third-order valence-electron chi connectivity index (χ3n) is 5.99. The Morgan fingerprint density at radius 2 is 1.56 bits per heavy atom. The SMILES string of the molecule is COC(=O)CC[C@H]1C(=O)N(c2ccc(F)cc2)[C@@H]1c1ccc(OCc2ccc(OC)cc2)cc1. The lowest BCUT2D eigenvalue weighted by atomic mass is 9.79. The van der Waals surface area contributed by atoms with Crippen LogP contribution in [-0.4, -0.2) is 26.1 Å². The minimum atomic E-state index is -0.367. The average Bonchev–Trinajstić information content (AvgIpc) is 2.87. The molecule has 1 heterocycles. The third kappa shape index (κ3) is 5.03. The molecule has 1 saturated heterocycles. The molecule has 34 heavy (non-hydrogen) atoms. The maximum absolute atomic E-state index is 13.4. The van der Waals surface area contributed by atoms with Crippen LogP contribution < -0.4 is 14.4 Å². The van der Waals surface area contributed by atoms with E-state index in [0.717, 1.165) is 16.9 Å². The molecular weight excluding hydrogens is 437 g/mol. The normalized spacial score (nSPS) is 17.1. The molecule has 0 radical (unpaired) electrons. The number of esters is 1. The lowest BCUT2D eigenvalue weighted by molar-refractivity contribution is -0.141. The van der Waals surface area contributed by atoms with Gasteiger partial charge < -0.3 is 19.1 Å². The third-order valence-corrected chi connectivity index (χ3v) is 5.99. The number of carbonyl (C=O) groups excluding carboxylic acids is 2. The van der Waals surface area contributed by atoms with E-state index in [0.29, 0.717) is 24.5 Å². The Labute approximate surface area is 197 Å². The summed E-state index contributed by atoms with van der Waals surface area (Å²) >= 11 is 0. The number of halogens is 1. The highest BCUT2D eigenvalue weighted by Gasteiger charge is 2.48. The van der Waals surface area contributed by atoms with Gasteiger partial charge in [0.15, 0.2) is 0 Å². The van der Waals surface area contributed by atoms with Crippen molar-refractivity contribution in [1.82, 2.24) is 0 Å². The van der Waals surface area contributed by atoms with E-state index in [1.807, 2.05) is 48.5 Å². The van der Waals surface area contributed by atoms with Crippen LogP contribution in [0.25, 0.3) is 0 Å². The zero-order valence-electron chi connectivity index (χ0n) is 19.1. The Morgan fingerprint density at radius 3 is 2.18 bits per heavy atom. The molecule has 0 N–H and O–H groups in total. The van der Waals surface area contributed by atoms with Crippen LogP contribution in [0.2, 0.25) is 0 Å². The van der Waals surface area contributed by atoms with Crippen molar-refractivity contribution in [1.29, 1.82) is 0 Å². The molecule has 3 aromatic rings. The van der Waals surface area contributed by atoms with Crippen molar-refractivity contribution in [3.05, 3.63) is 89.7 Å². The first kappa shape index (κ1) is 23.3. The molecule has 1 aliphatic heterocycles. The highest BCUT2D eigenvalue weighted by atomic mass is 19.1. The van der Waals surface area contributed by atoms with E-state index in [-0.39, 0.29) is 36.1 Å². The maximum atomic E-state index is 13.4. The van der Waals surface area contributed by atoms with Crippen LogP contribution in [0.3, 0.4) is 0 Å². The molecule has 0 saturated carbocycles. The number of ether oxygens (including phenoxy) is 3. The summed E-state index contributed by atoms with van der Waals surface area (Å²) in [6.45, 7) is 0.411. The zero-order chi connectivity index (χ0) is 24.1. The summed E-state index contributed by atoms with van der Waals surface area (Å²) in [6, 6.07) is 20.8. The first-order valence-electron chi connectivity index (χ1n) is 11.0. The first-order chi connectivity index (χ1) is 16.5. The molecule has 1 fully saturated rings. The fourth-order valence-electron chi connectivity index (χ4n) is 4.13. The predicted molar refractivity (Wildman–Crippen MR) is 125 cm³/mol. The summed E-state index contributed by atoms with van der Waals surface area (Å²) < 4.78 is 29.2. The highest BCUT2D eigenvalue weighted by Crippen LogP contribution is 2.45. The number of amides is 1. The van der Waals surface area contributed by atoms with E-state index in [9.17, 15) is 14.0 Å². The van der Waals surface area contributed by atoms with Crippen molar-refractivity contribution < 1.29 is 28.2 Å². The number of β-lactam (4-membered cyclic amide) rings is 1. The lowest BCUT2D eigenvalue weighted by Crippen LogP contribution is -2.55. The van der Waals surface area contributed by atoms with Crippen LogP contribution in [0, 0.1) is 11.7 Å². The minimum absolute atomic E-state index is 0.0969. The molecule has 6 nitrogen and oxygen atoms in total. The smallest absolute Gasteiger partial charge is 0.305 e. The van der Waals surface area contributed by atoms with Crippen LogP contribution in [-0.2, 0) is 20.9 Å². The van der Waals surface area contributed by atoms with E-state index in [2.05, 4.69) is 0 Å². The fourth-order valence-corrected chi connectivity index (χ4v) is 4.13. The molecule has 0 bridgehead atoms. The molecule has 3 aromatic carbocycles. The van der Waals surface area contributed by atoms with Crippen LogP contribution >= 0.6 is 0 Å². The van der Waals surface area contributed by atoms with Crippen molar-refractivity contribution in [2.75, 3.05) is 19.1 Å². The van der Waals surface area contributed by atoms with E-state index >= 15 is 0 Å². The van der Waals surface area contributed by atoms with Crippen molar-refractivity contribution >= 4 is 17.6 Å². The molecule has 0 aliphatic carbocycles. The van der Waals surface area contributed by atoms with E-state index in [4.69, 9.17) is 14.2 Å². The van der Waals surface area contributed by atoms with Crippen molar-refractivity contribution in [3.63, 3.8) is 0 Å². The second-order valence-electron chi connectivity index (χ2n) is 8.06. The van der Waals surface area contributed by atoms with Gasteiger partial charge in [-0.1, -0.05) is 24.3 Å². The topological polar surface area (TPSA) is 65.1 Å². The van der Waals surface area contributed by atoms with Gasteiger partial charge in [-0.25, -0.2) is 4.39 Å². The monoisotopic (exact) mass is 463 g/mol. The second kappa shape index (κ2) is 10.4. The molecule has 2 atom stereocenters. The number of hydrogen-bond donors (Lipinski definition) is 0. The Kier molecular flexibility index (Phi) is 7.11. The molecular formula is C27H26FNO5. The molecule has 0 unspecified atom stereocenters. The van der Waals surface area contributed by atoms with Crippen LogP contribution in [0.1, 0.15) is 30.0 Å². The maximum Gasteiger partial charge on any atom is 0.305 e. The molecule has 176 valence electrons. The quantitative estimate of drug-likeness (QED) is 0.327. The second-order valence-corrected chi connectivity index (χ2v) is 8.06. The van der Waals surface area contributed by atoms with Gasteiger partial charge in [0.05, 0.1) is 26.2 Å². The van der Waals surface area contributed by atoms with E-state index in [1.54, 1.807) is 24.1 Å². The molecule has 0 aromatic heterocycles. The van der Waals surface area contributed by atoms with Gasteiger partial charge in [0.25, 0.3) is 0 Å². The molecule has 4 rings (SSSR count). The summed E-state index contributed by atoms with van der Waals surface area (Å²) in [5, 5.41) is 0. The Balaban J connectivity index is 1.49. The Bertz CT molecular complexity index is 1130. The lowest BCUT2D eigenvalue weighted by Gasteiger charge is -2.47. The van der Waals surface area contributed by atoms with Crippen molar-refractivity contribution in [2.24, 2.45) is 5.92 Å². The van der Waals surface area contributed by atoms with Crippen molar-refractivity contribution in [2.45, 2.75) is 25.5 Å². The summed E-state index contributed by atoms with van der Waals surface area (Å²) in [4.78, 5) is 26.2. The van der Waals surface area contributed by atoms with Crippen LogP contribution in [0.15, 0.2) is 72.8 Å². The summed E-state index contributed by atoms with van der Waals surface area (Å²) in [6.07, 6.45) is 0.535. The van der Waals surface area contributed by atoms with Gasteiger partial charge in [0, 0.05) is 12.1 Å². The number of hydrogen-bond acceptors (Lipinski definition) is 5. The number of methoxy groups -OCH3 is 2. The highest BCUT2D eigenvalue weighted by molar-refractivity contribution is 6.03. The Hall–Kier alpha value is -3.87. The van der Waals surface area contributed by atoms with Crippen molar-refractivity contribution in [3.8, 4) is 11.5 Å². The summed E-state index contributed by atoms with van der Waals surface area (Å²) in [5.74, 6) is 0.304. The Morgan fingerprint density at radius 1 is 0.912 bits per heavy atom.